The van der Waals surface area contributed by atoms with Gasteiger partial charge in [-0.25, -0.2) is 4.79 Å². The first-order valence-electron chi connectivity index (χ1n) is 3.42. The zero-order chi connectivity index (χ0) is 8.69. The third-order valence-electron chi connectivity index (χ3n) is 1.35. The molecule has 0 saturated carbocycles. The lowest BCUT2D eigenvalue weighted by atomic mass is 10.1. The Kier molecular flexibility index (Phi) is 5.03. The van der Waals surface area contributed by atoms with Gasteiger partial charge in [0.2, 0.25) is 6.08 Å². The molecule has 4 heteroatoms. The van der Waals surface area contributed by atoms with Crippen molar-refractivity contribution in [1.29, 1.82) is 0 Å². The summed E-state index contributed by atoms with van der Waals surface area (Å²) in [4.78, 5) is 23.5. The summed E-state index contributed by atoms with van der Waals surface area (Å²) < 4.78 is 4.57. The van der Waals surface area contributed by atoms with Gasteiger partial charge < -0.3 is 4.74 Å². The first-order valence-corrected chi connectivity index (χ1v) is 3.42. The Balaban J connectivity index is 3.60. The van der Waals surface area contributed by atoms with Crippen molar-refractivity contribution in [2.45, 2.75) is 20.3 Å². The van der Waals surface area contributed by atoms with Crippen molar-refractivity contribution in [2.24, 2.45) is 10.9 Å². The normalized spacial score (nSPS) is 11.5. The summed E-state index contributed by atoms with van der Waals surface area (Å²) in [5, 5.41) is 0. The quantitative estimate of drug-likeness (QED) is 0.345. The van der Waals surface area contributed by atoms with Crippen LogP contribution in [0, 0.1) is 5.92 Å². The van der Waals surface area contributed by atoms with Crippen LogP contribution in [0.4, 0.5) is 0 Å². The number of carbonyl (C=O) groups is 1. The van der Waals surface area contributed by atoms with Gasteiger partial charge in [0.05, 0.1) is 5.92 Å². The molecule has 0 spiro atoms. The largest absolute Gasteiger partial charge is 0.441 e. The van der Waals surface area contributed by atoms with Crippen molar-refractivity contribution < 1.29 is 14.3 Å². The van der Waals surface area contributed by atoms with Gasteiger partial charge in [-0.3, -0.25) is 4.79 Å². The molecule has 0 aliphatic carbocycles. The number of hydrogen-bond donors (Lipinski definition) is 0. The lowest BCUT2D eigenvalue weighted by Crippen LogP contribution is -2.13. The molecule has 0 saturated heterocycles. The highest BCUT2D eigenvalue weighted by molar-refractivity contribution is 5.71. The van der Waals surface area contributed by atoms with Crippen LogP contribution in [0.1, 0.15) is 20.3 Å². The minimum Gasteiger partial charge on any atom is -0.441 e. The first-order chi connectivity index (χ1) is 5.22. The minimum absolute atomic E-state index is 0.128. The van der Waals surface area contributed by atoms with E-state index in [1.807, 2.05) is 6.92 Å². The molecule has 0 aliphatic rings. The van der Waals surface area contributed by atoms with E-state index in [-0.39, 0.29) is 18.6 Å². The molecule has 0 radical (unpaired) electrons. The summed E-state index contributed by atoms with van der Waals surface area (Å²) in [6.07, 6.45) is 2.00. The number of hydrogen-bond acceptors (Lipinski definition) is 4. The topological polar surface area (TPSA) is 55.7 Å². The van der Waals surface area contributed by atoms with Crippen molar-refractivity contribution in [3.8, 4) is 0 Å². The van der Waals surface area contributed by atoms with E-state index in [2.05, 4.69) is 9.73 Å². The van der Waals surface area contributed by atoms with Crippen LogP contribution >= 0.6 is 0 Å². The molecule has 0 rings (SSSR count). The molecule has 0 aromatic heterocycles. The molecule has 0 N–H and O–H groups in total. The van der Waals surface area contributed by atoms with Gasteiger partial charge >= 0.3 is 5.97 Å². The van der Waals surface area contributed by atoms with Crippen LogP contribution in [0.25, 0.3) is 0 Å². The highest BCUT2D eigenvalue weighted by atomic mass is 16.5. The smallest absolute Gasteiger partial charge is 0.310 e. The van der Waals surface area contributed by atoms with Gasteiger partial charge in [-0.1, -0.05) is 13.8 Å². The summed E-state index contributed by atoms with van der Waals surface area (Å²) >= 11 is 0. The predicted octanol–water partition coefficient (Wildman–Crippen LogP) is 0.869. The number of isocyanates is 1. The van der Waals surface area contributed by atoms with Gasteiger partial charge in [0, 0.05) is 0 Å². The zero-order valence-corrected chi connectivity index (χ0v) is 6.66. The Morgan fingerprint density at radius 1 is 1.73 bits per heavy atom. The van der Waals surface area contributed by atoms with Crippen molar-refractivity contribution >= 4 is 12.0 Å². The number of rotatable bonds is 4. The van der Waals surface area contributed by atoms with Gasteiger partial charge in [-0.2, -0.15) is 4.99 Å². The minimum atomic E-state index is -0.327. The van der Waals surface area contributed by atoms with Gasteiger partial charge in [0.25, 0.3) is 0 Å². The van der Waals surface area contributed by atoms with E-state index in [0.29, 0.717) is 0 Å². The lowest BCUT2D eigenvalue weighted by molar-refractivity contribution is -0.147. The van der Waals surface area contributed by atoms with E-state index in [0.717, 1.165) is 6.42 Å². The van der Waals surface area contributed by atoms with Crippen molar-refractivity contribution in [2.75, 3.05) is 6.73 Å². The van der Waals surface area contributed by atoms with Crippen LogP contribution in [0.2, 0.25) is 0 Å². The summed E-state index contributed by atoms with van der Waals surface area (Å²) in [6.45, 7) is 3.43. The summed E-state index contributed by atoms with van der Waals surface area (Å²) in [5.74, 6) is -0.455. The number of esters is 1. The zero-order valence-electron chi connectivity index (χ0n) is 6.66. The van der Waals surface area contributed by atoms with Crippen LogP contribution in [0.15, 0.2) is 4.99 Å². The fraction of sp³-hybridized carbons (Fsp3) is 0.714. The molecule has 4 nitrogen and oxygen atoms in total. The SMILES string of the molecule is CCC(C)C(=O)OCN=C=O. The average molecular weight is 157 g/mol. The highest BCUT2D eigenvalue weighted by Crippen LogP contribution is 2.02. The number of aliphatic imine (C=N–C) groups is 1. The molecule has 11 heavy (non-hydrogen) atoms. The van der Waals surface area contributed by atoms with Crippen LogP contribution < -0.4 is 0 Å². The maximum absolute atomic E-state index is 10.8. The number of ether oxygens (including phenoxy) is 1. The van der Waals surface area contributed by atoms with Gasteiger partial charge in [0.1, 0.15) is 0 Å². The Bertz CT molecular complexity index is 173. The van der Waals surface area contributed by atoms with Crippen LogP contribution in [0.3, 0.4) is 0 Å². The molecule has 1 atom stereocenters. The Hall–Kier alpha value is -1.15. The lowest BCUT2D eigenvalue weighted by Gasteiger charge is -2.05. The molecule has 0 aromatic carbocycles. The second-order valence-electron chi connectivity index (χ2n) is 2.15. The van der Waals surface area contributed by atoms with E-state index >= 15 is 0 Å². The maximum atomic E-state index is 10.8. The number of nitrogens with zero attached hydrogens (tertiary/aromatic N) is 1. The van der Waals surface area contributed by atoms with E-state index in [9.17, 15) is 9.59 Å². The molecule has 0 heterocycles. The molecule has 0 aliphatic heterocycles. The predicted molar refractivity (Wildman–Crippen MR) is 38.5 cm³/mol. The van der Waals surface area contributed by atoms with Gasteiger partial charge in [0.15, 0.2) is 6.73 Å². The first kappa shape index (κ1) is 9.85. The van der Waals surface area contributed by atoms with E-state index in [1.54, 1.807) is 6.92 Å². The van der Waals surface area contributed by atoms with Crippen molar-refractivity contribution in [3.05, 3.63) is 0 Å². The molecule has 0 fully saturated rings. The standard InChI is InChI=1S/C7H11NO3/c1-3-6(2)7(10)11-5-8-4-9/h6H,3,5H2,1-2H3. The Labute approximate surface area is 65.3 Å². The van der Waals surface area contributed by atoms with Gasteiger partial charge in [-0.15, -0.1) is 0 Å². The fourth-order valence-corrected chi connectivity index (χ4v) is 0.431. The molecule has 62 valence electrons. The van der Waals surface area contributed by atoms with E-state index in [4.69, 9.17) is 0 Å². The van der Waals surface area contributed by atoms with Crippen LogP contribution in [-0.4, -0.2) is 18.8 Å². The van der Waals surface area contributed by atoms with Crippen molar-refractivity contribution in [1.82, 2.24) is 0 Å². The summed E-state index contributed by atoms with van der Waals surface area (Å²) in [6, 6.07) is 0. The molecular formula is C7H11NO3. The molecule has 1 unspecified atom stereocenters. The fourth-order valence-electron chi connectivity index (χ4n) is 0.431. The Morgan fingerprint density at radius 3 is 2.82 bits per heavy atom. The third kappa shape index (κ3) is 4.28. The second kappa shape index (κ2) is 5.62. The van der Waals surface area contributed by atoms with Crippen LogP contribution in [0.5, 0.6) is 0 Å². The summed E-state index contributed by atoms with van der Waals surface area (Å²) in [7, 11) is 0. The molecule has 0 amide bonds. The molecule has 0 aromatic rings. The van der Waals surface area contributed by atoms with Gasteiger partial charge in [-0.05, 0) is 6.42 Å². The monoisotopic (exact) mass is 157 g/mol. The summed E-state index contributed by atoms with van der Waals surface area (Å²) in [5.41, 5.74) is 0. The van der Waals surface area contributed by atoms with Crippen molar-refractivity contribution in [3.63, 3.8) is 0 Å². The van der Waals surface area contributed by atoms with E-state index in [1.165, 1.54) is 6.08 Å². The third-order valence-corrected chi connectivity index (χ3v) is 1.35. The number of carbonyl (C=O) groups excluding carboxylic acids is 2. The second-order valence-corrected chi connectivity index (χ2v) is 2.15. The van der Waals surface area contributed by atoms with E-state index < -0.39 is 0 Å². The average Bonchev–Trinajstić information content (AvgIpc) is 2.03. The highest BCUT2D eigenvalue weighted by Gasteiger charge is 2.10. The Morgan fingerprint density at radius 2 is 2.36 bits per heavy atom. The molecular weight excluding hydrogens is 146 g/mol. The maximum Gasteiger partial charge on any atom is 0.310 e. The van der Waals surface area contributed by atoms with Crippen LogP contribution in [-0.2, 0) is 14.3 Å². The molecule has 0 bridgehead atoms.